The molecule has 0 aromatic carbocycles. The van der Waals surface area contributed by atoms with Crippen LogP contribution in [0.5, 0.6) is 0 Å². The molecule has 0 spiro atoms. The Labute approximate surface area is 360 Å². The third kappa shape index (κ3) is 21.5. The van der Waals surface area contributed by atoms with Gasteiger partial charge in [-0.3, -0.25) is 29.0 Å². The molecule has 5 fully saturated rings. The van der Waals surface area contributed by atoms with E-state index < -0.39 is 5.60 Å². The van der Waals surface area contributed by atoms with E-state index in [1.54, 1.807) is 0 Å². The highest BCUT2D eigenvalue weighted by Gasteiger charge is 2.32. The predicted octanol–water partition coefficient (Wildman–Crippen LogP) is 8.31. The number of nitrogens with zero attached hydrogens (tertiary/aromatic N) is 4. The van der Waals surface area contributed by atoms with E-state index in [0.717, 1.165) is 24.9 Å². The third-order valence-electron chi connectivity index (χ3n) is 12.7. The largest absolute Gasteiger partial charge is 0.460 e. The molecule has 0 radical (unpaired) electrons. The quantitative estimate of drug-likeness (QED) is 0.157. The topological polar surface area (TPSA) is 109 Å². The summed E-state index contributed by atoms with van der Waals surface area (Å²) >= 11 is 0. The van der Waals surface area contributed by atoms with Gasteiger partial charge >= 0.3 is 17.9 Å². The maximum atomic E-state index is 11.9. The summed E-state index contributed by atoms with van der Waals surface area (Å²) in [4.78, 5) is 56.8. The summed E-state index contributed by atoms with van der Waals surface area (Å²) in [6.07, 6.45) is 14.3. The molecule has 0 bridgehead atoms. The van der Waals surface area contributed by atoms with E-state index in [0.29, 0.717) is 55.6 Å². The van der Waals surface area contributed by atoms with Crippen LogP contribution in [0, 0.1) is 17.8 Å². The van der Waals surface area contributed by atoms with E-state index in [1.807, 2.05) is 62.3 Å². The minimum absolute atomic E-state index is 0.0208. The Bertz CT molecular complexity index is 1180. The van der Waals surface area contributed by atoms with Crippen molar-refractivity contribution in [3.8, 4) is 0 Å². The van der Waals surface area contributed by atoms with Crippen molar-refractivity contribution in [1.29, 1.82) is 0 Å². The van der Waals surface area contributed by atoms with Gasteiger partial charge in [-0.15, -0.1) is 0 Å². The van der Waals surface area contributed by atoms with Crippen LogP contribution in [-0.4, -0.2) is 138 Å². The predicted molar refractivity (Wildman–Crippen MR) is 237 cm³/mol. The molecular formula is C48H88N4O7. The second-order valence-corrected chi connectivity index (χ2v) is 21.1. The van der Waals surface area contributed by atoms with Gasteiger partial charge in [0.05, 0.1) is 0 Å². The minimum Gasteiger partial charge on any atom is -0.460 e. The third-order valence-corrected chi connectivity index (χ3v) is 12.7. The maximum Gasteiger partial charge on any atom is 0.306 e. The van der Waals surface area contributed by atoms with Gasteiger partial charge in [-0.25, -0.2) is 0 Å². The monoisotopic (exact) mass is 833 g/mol. The molecule has 11 nitrogen and oxygen atoms in total. The normalized spacial score (nSPS) is 26.1. The van der Waals surface area contributed by atoms with Gasteiger partial charge in [0.25, 0.3) is 0 Å². The van der Waals surface area contributed by atoms with Crippen molar-refractivity contribution in [2.45, 2.75) is 201 Å². The van der Waals surface area contributed by atoms with E-state index >= 15 is 0 Å². The number of hydrogen-bond donors (Lipinski definition) is 0. The number of piperazine rings is 2. The summed E-state index contributed by atoms with van der Waals surface area (Å²) in [5, 5.41) is 0. The number of hydrogen-bond acceptors (Lipinski definition) is 11. The fourth-order valence-corrected chi connectivity index (χ4v) is 9.38. The molecule has 59 heavy (non-hydrogen) atoms. The van der Waals surface area contributed by atoms with Crippen molar-refractivity contribution in [3.63, 3.8) is 0 Å². The zero-order chi connectivity index (χ0) is 43.8. The number of Topliss-reactive ketones (excluding diaryl/α,β-unsaturated/α-hetero) is 1. The SMILES string of the molecule is CC(C)(C)OC(=O)CC1CCC(=O)CC1.CCN1CCN(C2CCC(CC(=O)OC(C)(C)C)CC2)CC1.CCN1CCN(C2CCC(CC(=O)OC(C)(C)C)CC2)CC1. The minimum atomic E-state index is -0.401. The molecule has 2 heterocycles. The first kappa shape index (κ1) is 51.3. The number of esters is 3. The van der Waals surface area contributed by atoms with Gasteiger partial charge in [-0.2, -0.15) is 0 Å². The molecule has 0 unspecified atom stereocenters. The average Bonchev–Trinajstić information content (AvgIpc) is 3.15. The van der Waals surface area contributed by atoms with Gasteiger partial charge in [0.1, 0.15) is 22.6 Å². The molecule has 0 aromatic rings. The zero-order valence-corrected chi connectivity index (χ0v) is 39.7. The highest BCUT2D eigenvalue weighted by molar-refractivity contribution is 5.79. The lowest BCUT2D eigenvalue weighted by molar-refractivity contribution is -0.157. The first-order chi connectivity index (χ1) is 27.6. The summed E-state index contributed by atoms with van der Waals surface area (Å²) in [6, 6.07) is 1.49. The van der Waals surface area contributed by atoms with Crippen molar-refractivity contribution < 1.29 is 33.4 Å². The Hall–Kier alpha value is -2.08. The molecule has 3 aliphatic carbocycles. The zero-order valence-electron chi connectivity index (χ0n) is 39.7. The van der Waals surface area contributed by atoms with E-state index in [2.05, 4.69) is 33.4 Å². The summed E-state index contributed by atoms with van der Waals surface area (Å²) in [7, 11) is 0. The molecule has 342 valence electrons. The number of carbonyl (C=O) groups is 4. The van der Waals surface area contributed by atoms with Crippen LogP contribution in [0.4, 0.5) is 0 Å². The molecule has 2 saturated heterocycles. The molecule has 0 amide bonds. The standard InChI is InChI=1S/2C18H34N2O2.C12H20O3/c2*1-5-19-10-12-20(13-11-19)16-8-6-15(7-9-16)14-17(21)22-18(2,3)4;1-12(2,3)15-11(14)8-9-4-6-10(13)7-5-9/h2*15-16H,5-14H2,1-4H3;9H,4-8H2,1-3H3. The van der Waals surface area contributed by atoms with Gasteiger partial charge in [0.15, 0.2) is 0 Å². The Morgan fingerprint density at radius 2 is 0.729 bits per heavy atom. The summed E-state index contributed by atoms with van der Waals surface area (Å²) in [5.41, 5.74) is -1.11. The summed E-state index contributed by atoms with van der Waals surface area (Å²) < 4.78 is 16.1. The van der Waals surface area contributed by atoms with E-state index in [1.165, 1.54) is 117 Å². The lowest BCUT2D eigenvalue weighted by Crippen LogP contribution is -2.51. The second-order valence-electron chi connectivity index (χ2n) is 21.1. The molecule has 0 atom stereocenters. The van der Waals surface area contributed by atoms with Crippen molar-refractivity contribution in [2.24, 2.45) is 17.8 Å². The Kier molecular flexibility index (Phi) is 21.3. The summed E-state index contributed by atoms with van der Waals surface area (Å²) in [6.45, 7) is 33.8. The van der Waals surface area contributed by atoms with Crippen LogP contribution >= 0.6 is 0 Å². The van der Waals surface area contributed by atoms with Crippen molar-refractivity contribution in [3.05, 3.63) is 0 Å². The van der Waals surface area contributed by atoms with Crippen LogP contribution in [0.3, 0.4) is 0 Å². The van der Waals surface area contributed by atoms with Crippen molar-refractivity contribution >= 4 is 23.7 Å². The molecular weight excluding hydrogens is 745 g/mol. The van der Waals surface area contributed by atoms with Crippen LogP contribution in [0.15, 0.2) is 0 Å². The van der Waals surface area contributed by atoms with E-state index in [-0.39, 0.29) is 29.1 Å². The Morgan fingerprint density at radius 1 is 0.458 bits per heavy atom. The van der Waals surface area contributed by atoms with Crippen LogP contribution in [0.25, 0.3) is 0 Å². The van der Waals surface area contributed by atoms with Gasteiger partial charge in [-0.1, -0.05) is 13.8 Å². The highest BCUT2D eigenvalue weighted by Crippen LogP contribution is 2.32. The number of ether oxygens (including phenoxy) is 3. The molecule has 3 saturated carbocycles. The fraction of sp³-hybridized carbons (Fsp3) is 0.917. The maximum absolute atomic E-state index is 11.9. The number of carbonyl (C=O) groups excluding carboxylic acids is 4. The van der Waals surface area contributed by atoms with Crippen molar-refractivity contribution in [1.82, 2.24) is 19.6 Å². The van der Waals surface area contributed by atoms with Gasteiger partial charge in [-0.05, 0) is 157 Å². The molecule has 5 aliphatic rings. The molecule has 2 aliphatic heterocycles. The lowest BCUT2D eigenvalue weighted by Gasteiger charge is -2.41. The Morgan fingerprint density at radius 3 is 0.983 bits per heavy atom. The Balaban J connectivity index is 0.000000242. The number of likely N-dealkylation sites (N-methyl/N-ethyl adjacent to an activating group) is 2. The first-order valence-corrected chi connectivity index (χ1v) is 23.7. The van der Waals surface area contributed by atoms with Gasteiger partial charge in [0.2, 0.25) is 0 Å². The van der Waals surface area contributed by atoms with E-state index in [9.17, 15) is 19.2 Å². The highest BCUT2D eigenvalue weighted by atomic mass is 16.6. The van der Waals surface area contributed by atoms with Crippen LogP contribution in [0.1, 0.15) is 172 Å². The molecule has 11 heteroatoms. The van der Waals surface area contributed by atoms with Gasteiger partial charge < -0.3 is 24.0 Å². The van der Waals surface area contributed by atoms with Crippen LogP contribution in [0.2, 0.25) is 0 Å². The van der Waals surface area contributed by atoms with E-state index in [4.69, 9.17) is 14.2 Å². The smallest absolute Gasteiger partial charge is 0.306 e. The number of rotatable bonds is 10. The molecule has 5 rings (SSSR count). The average molecular weight is 833 g/mol. The first-order valence-electron chi connectivity index (χ1n) is 23.7. The van der Waals surface area contributed by atoms with Crippen molar-refractivity contribution in [2.75, 3.05) is 65.4 Å². The molecule has 0 N–H and O–H groups in total. The van der Waals surface area contributed by atoms with Crippen LogP contribution in [-0.2, 0) is 33.4 Å². The molecule has 0 aromatic heterocycles. The summed E-state index contributed by atoms with van der Waals surface area (Å²) in [5.74, 6) is 1.56. The van der Waals surface area contributed by atoms with Gasteiger partial charge in [0, 0.05) is 96.5 Å². The second kappa shape index (κ2) is 24.5. The fourth-order valence-electron chi connectivity index (χ4n) is 9.38. The number of ketones is 1. The lowest BCUT2D eigenvalue weighted by atomic mass is 9.83. The van der Waals surface area contributed by atoms with Crippen LogP contribution < -0.4 is 0 Å².